The monoisotopic (exact) mass is 376 g/mol. The number of aliphatic hydroxyl groups excluding tert-OH is 1. The number of amides is 2. The summed E-state index contributed by atoms with van der Waals surface area (Å²) < 4.78 is 5.11. The van der Waals surface area contributed by atoms with Gasteiger partial charge in [-0.2, -0.15) is 4.98 Å². The van der Waals surface area contributed by atoms with Gasteiger partial charge in [-0.05, 0) is 36.5 Å². The minimum atomic E-state index is -0.555. The highest BCUT2D eigenvalue weighted by molar-refractivity contribution is 6.30. The summed E-state index contributed by atoms with van der Waals surface area (Å²) in [6.45, 7) is 1.13. The molecule has 1 saturated heterocycles. The Morgan fingerprint density at radius 2 is 2.04 bits per heavy atom. The number of ether oxygens (including phenoxy) is 1. The topological polar surface area (TPSA) is 87.6 Å². The molecule has 0 bridgehead atoms. The summed E-state index contributed by atoms with van der Waals surface area (Å²) in [6, 6.07) is 7.01. The third-order valence-electron chi connectivity index (χ3n) is 4.60. The van der Waals surface area contributed by atoms with Crippen LogP contribution < -0.4 is 10.1 Å². The van der Waals surface area contributed by atoms with Crippen molar-refractivity contribution in [3.8, 4) is 5.88 Å². The lowest BCUT2D eigenvalue weighted by Crippen LogP contribution is -2.42. The Bertz CT molecular complexity index is 748. The van der Waals surface area contributed by atoms with Crippen molar-refractivity contribution >= 4 is 23.3 Å². The molecular weight excluding hydrogens is 356 g/mol. The van der Waals surface area contributed by atoms with E-state index in [0.29, 0.717) is 29.7 Å². The molecule has 2 heterocycles. The van der Waals surface area contributed by atoms with Crippen LogP contribution in [0.1, 0.15) is 24.5 Å². The molecule has 0 saturated carbocycles. The molecule has 1 aromatic heterocycles. The smallest absolute Gasteiger partial charge is 0.322 e. The summed E-state index contributed by atoms with van der Waals surface area (Å²) in [5, 5.41) is 14.0. The number of hydrogen-bond acceptors (Lipinski definition) is 5. The average molecular weight is 377 g/mol. The summed E-state index contributed by atoms with van der Waals surface area (Å²) in [6.07, 6.45) is 3.75. The molecule has 2 aromatic rings. The van der Waals surface area contributed by atoms with Crippen LogP contribution in [-0.4, -0.2) is 46.2 Å². The number of likely N-dealkylation sites (tertiary alicyclic amines) is 1. The molecule has 1 aliphatic heterocycles. The maximum atomic E-state index is 12.4. The Morgan fingerprint density at radius 1 is 1.35 bits per heavy atom. The molecule has 0 radical (unpaired) electrons. The largest absolute Gasteiger partial charge is 0.479 e. The first-order valence-corrected chi connectivity index (χ1v) is 8.79. The molecular formula is C18H21ClN4O3. The van der Waals surface area contributed by atoms with Gasteiger partial charge in [0.15, 0.2) is 0 Å². The van der Waals surface area contributed by atoms with Gasteiger partial charge in [-0.3, -0.25) is 0 Å². The molecule has 1 atom stereocenters. The Balaban J connectivity index is 1.56. The summed E-state index contributed by atoms with van der Waals surface area (Å²) in [5.41, 5.74) is 1.28. The van der Waals surface area contributed by atoms with Crippen molar-refractivity contribution in [1.29, 1.82) is 0 Å². The van der Waals surface area contributed by atoms with Crippen molar-refractivity contribution in [3.63, 3.8) is 0 Å². The molecule has 2 N–H and O–H groups in total. The van der Waals surface area contributed by atoms with E-state index >= 15 is 0 Å². The molecule has 138 valence electrons. The molecule has 1 aromatic carbocycles. The standard InChI is InChI=1S/C18H21ClN4O3/c1-26-17-15(10-20-11-21-17)22-18(25)23-8-6-13(7-9-23)16(24)12-2-4-14(19)5-3-12/h2-5,10-11,13,16,24H,6-9H2,1H3,(H,22,25)/t16-/m1/s1. The van der Waals surface area contributed by atoms with Crippen molar-refractivity contribution < 1.29 is 14.6 Å². The van der Waals surface area contributed by atoms with Gasteiger partial charge in [0.1, 0.15) is 12.0 Å². The lowest BCUT2D eigenvalue weighted by molar-refractivity contribution is 0.0683. The number of halogens is 1. The van der Waals surface area contributed by atoms with Gasteiger partial charge < -0.3 is 20.1 Å². The first-order chi connectivity index (χ1) is 12.6. The van der Waals surface area contributed by atoms with Gasteiger partial charge in [0.25, 0.3) is 0 Å². The van der Waals surface area contributed by atoms with Crippen LogP contribution in [0.15, 0.2) is 36.8 Å². The Labute approximate surface area is 157 Å². The number of piperidine rings is 1. The van der Waals surface area contributed by atoms with Crippen LogP contribution in [0.5, 0.6) is 5.88 Å². The lowest BCUT2D eigenvalue weighted by Gasteiger charge is -2.34. The van der Waals surface area contributed by atoms with Crippen molar-refractivity contribution in [2.24, 2.45) is 5.92 Å². The fraction of sp³-hybridized carbons (Fsp3) is 0.389. The van der Waals surface area contributed by atoms with Crippen LogP contribution in [0.2, 0.25) is 5.02 Å². The van der Waals surface area contributed by atoms with Gasteiger partial charge in [-0.1, -0.05) is 23.7 Å². The molecule has 1 aliphatic rings. The average Bonchev–Trinajstić information content (AvgIpc) is 2.68. The van der Waals surface area contributed by atoms with Crippen molar-refractivity contribution in [3.05, 3.63) is 47.4 Å². The number of carbonyl (C=O) groups excluding carboxylic acids is 1. The van der Waals surface area contributed by atoms with Gasteiger partial charge in [0.05, 0.1) is 19.4 Å². The molecule has 7 nitrogen and oxygen atoms in total. The van der Waals surface area contributed by atoms with E-state index in [2.05, 4.69) is 15.3 Å². The quantitative estimate of drug-likeness (QED) is 0.856. The Hall–Kier alpha value is -2.38. The maximum absolute atomic E-state index is 12.4. The number of nitrogens with one attached hydrogen (secondary N) is 1. The number of hydrogen-bond donors (Lipinski definition) is 2. The number of nitrogens with zero attached hydrogens (tertiary/aromatic N) is 3. The van der Waals surface area contributed by atoms with Crippen LogP contribution in [0.4, 0.5) is 10.5 Å². The molecule has 0 unspecified atom stereocenters. The molecule has 0 spiro atoms. The van der Waals surface area contributed by atoms with E-state index in [1.54, 1.807) is 17.0 Å². The fourth-order valence-corrected chi connectivity index (χ4v) is 3.24. The number of aromatic nitrogens is 2. The minimum Gasteiger partial charge on any atom is -0.479 e. The molecule has 0 aliphatic carbocycles. The number of anilines is 1. The molecule has 26 heavy (non-hydrogen) atoms. The zero-order valence-electron chi connectivity index (χ0n) is 14.4. The number of methoxy groups -OCH3 is 1. The SMILES string of the molecule is COc1ncncc1NC(=O)N1CCC([C@H](O)c2ccc(Cl)cc2)CC1. The van der Waals surface area contributed by atoms with E-state index in [0.717, 1.165) is 18.4 Å². The third-order valence-corrected chi connectivity index (χ3v) is 4.85. The summed E-state index contributed by atoms with van der Waals surface area (Å²) in [7, 11) is 1.49. The van der Waals surface area contributed by atoms with Gasteiger partial charge in [0, 0.05) is 18.1 Å². The minimum absolute atomic E-state index is 0.106. The number of aliphatic hydroxyl groups is 1. The number of benzene rings is 1. The first kappa shape index (κ1) is 18.4. The van der Waals surface area contributed by atoms with E-state index in [9.17, 15) is 9.90 Å². The molecule has 2 amide bonds. The highest BCUT2D eigenvalue weighted by Crippen LogP contribution is 2.31. The summed E-state index contributed by atoms with van der Waals surface area (Å²) in [4.78, 5) is 22.0. The van der Waals surface area contributed by atoms with Crippen LogP contribution in [-0.2, 0) is 0 Å². The predicted octanol–water partition coefficient (Wildman–Crippen LogP) is 3.12. The van der Waals surface area contributed by atoms with Crippen LogP contribution in [0.25, 0.3) is 0 Å². The van der Waals surface area contributed by atoms with Crippen LogP contribution in [0, 0.1) is 5.92 Å². The third kappa shape index (κ3) is 4.23. The van der Waals surface area contributed by atoms with Crippen molar-refractivity contribution in [1.82, 2.24) is 14.9 Å². The van der Waals surface area contributed by atoms with E-state index in [1.807, 2.05) is 12.1 Å². The Morgan fingerprint density at radius 3 is 2.69 bits per heavy atom. The number of urea groups is 1. The molecule has 3 rings (SSSR count). The number of carbonyl (C=O) groups is 1. The highest BCUT2D eigenvalue weighted by Gasteiger charge is 2.28. The van der Waals surface area contributed by atoms with Gasteiger partial charge in [-0.15, -0.1) is 0 Å². The summed E-state index contributed by atoms with van der Waals surface area (Å²) >= 11 is 5.89. The molecule has 1 fully saturated rings. The van der Waals surface area contributed by atoms with Gasteiger partial charge in [-0.25, -0.2) is 9.78 Å². The van der Waals surface area contributed by atoms with Crippen LogP contribution in [0.3, 0.4) is 0 Å². The van der Waals surface area contributed by atoms with Crippen molar-refractivity contribution in [2.75, 3.05) is 25.5 Å². The second-order valence-electron chi connectivity index (χ2n) is 6.20. The van der Waals surface area contributed by atoms with E-state index < -0.39 is 6.10 Å². The normalized spacial score (nSPS) is 16.2. The van der Waals surface area contributed by atoms with E-state index in [4.69, 9.17) is 16.3 Å². The van der Waals surface area contributed by atoms with Gasteiger partial charge >= 0.3 is 6.03 Å². The zero-order chi connectivity index (χ0) is 18.5. The van der Waals surface area contributed by atoms with Crippen molar-refractivity contribution in [2.45, 2.75) is 18.9 Å². The zero-order valence-corrected chi connectivity index (χ0v) is 15.2. The first-order valence-electron chi connectivity index (χ1n) is 8.42. The Kier molecular flexibility index (Phi) is 5.90. The fourth-order valence-electron chi connectivity index (χ4n) is 3.11. The predicted molar refractivity (Wildman–Crippen MR) is 98.3 cm³/mol. The number of rotatable bonds is 4. The lowest BCUT2D eigenvalue weighted by atomic mass is 9.87. The second-order valence-corrected chi connectivity index (χ2v) is 6.63. The van der Waals surface area contributed by atoms with E-state index in [1.165, 1.54) is 19.6 Å². The maximum Gasteiger partial charge on any atom is 0.322 e. The molecule has 8 heteroatoms. The van der Waals surface area contributed by atoms with Gasteiger partial charge in [0.2, 0.25) is 5.88 Å². The highest BCUT2D eigenvalue weighted by atomic mass is 35.5. The second kappa shape index (κ2) is 8.33. The van der Waals surface area contributed by atoms with E-state index in [-0.39, 0.29) is 11.9 Å². The summed E-state index contributed by atoms with van der Waals surface area (Å²) in [5.74, 6) is 0.427. The van der Waals surface area contributed by atoms with Crippen LogP contribution >= 0.6 is 11.6 Å².